The Bertz CT molecular complexity index is 504. The molecule has 0 N–H and O–H groups in total. The van der Waals surface area contributed by atoms with Crippen LogP contribution in [0.3, 0.4) is 0 Å². The van der Waals surface area contributed by atoms with Gasteiger partial charge in [-0.15, -0.1) is 10.2 Å². The van der Waals surface area contributed by atoms with E-state index in [4.69, 9.17) is 0 Å². The molecule has 0 aliphatic heterocycles. The Morgan fingerprint density at radius 3 is 3.07 bits per heavy atom. The fourth-order valence-corrected chi connectivity index (χ4v) is 1.36. The Labute approximate surface area is 86.7 Å². The van der Waals surface area contributed by atoms with E-state index in [2.05, 4.69) is 14.9 Å². The number of hydrogen-bond acceptors (Lipinski definition) is 4. The molecule has 5 heteroatoms. The largest absolute Gasteiger partial charge is 0.469 e. The van der Waals surface area contributed by atoms with Gasteiger partial charge in [0.05, 0.1) is 7.11 Å². The molecule has 78 valence electrons. The molecule has 0 aliphatic carbocycles. The van der Waals surface area contributed by atoms with Crippen molar-refractivity contribution < 1.29 is 9.53 Å². The molecule has 15 heavy (non-hydrogen) atoms. The molecule has 0 amide bonds. The molecule has 0 atom stereocenters. The van der Waals surface area contributed by atoms with Crippen molar-refractivity contribution in [2.75, 3.05) is 7.11 Å². The first kappa shape index (κ1) is 9.64. The number of rotatable bonds is 2. The van der Waals surface area contributed by atoms with E-state index >= 15 is 0 Å². The summed E-state index contributed by atoms with van der Waals surface area (Å²) in [5.41, 5.74) is 1.86. The molecular weight excluding hydrogens is 194 g/mol. The average molecular weight is 205 g/mol. The zero-order valence-corrected chi connectivity index (χ0v) is 8.60. The van der Waals surface area contributed by atoms with Gasteiger partial charge in [-0.25, -0.2) is 0 Å². The van der Waals surface area contributed by atoms with Crippen molar-refractivity contribution >= 4 is 11.6 Å². The van der Waals surface area contributed by atoms with E-state index in [1.165, 1.54) is 7.11 Å². The van der Waals surface area contributed by atoms with Crippen molar-refractivity contribution in [3.8, 4) is 0 Å². The molecule has 0 aliphatic rings. The van der Waals surface area contributed by atoms with Crippen molar-refractivity contribution in [1.82, 2.24) is 14.6 Å². The highest BCUT2D eigenvalue weighted by Gasteiger charge is 2.10. The number of esters is 1. The first-order valence-electron chi connectivity index (χ1n) is 4.58. The normalized spacial score (nSPS) is 10.5. The predicted molar refractivity (Wildman–Crippen MR) is 53.4 cm³/mol. The Morgan fingerprint density at radius 2 is 2.33 bits per heavy atom. The molecule has 0 radical (unpaired) electrons. The number of carbonyl (C=O) groups excluding carboxylic acids is 1. The van der Waals surface area contributed by atoms with Crippen LogP contribution in [0.25, 0.3) is 5.65 Å². The maximum absolute atomic E-state index is 11.1. The lowest BCUT2D eigenvalue weighted by molar-refractivity contribution is -0.139. The van der Waals surface area contributed by atoms with Gasteiger partial charge in [0, 0.05) is 6.20 Å². The fourth-order valence-electron chi connectivity index (χ4n) is 1.36. The summed E-state index contributed by atoms with van der Waals surface area (Å²) in [6, 6.07) is 3.85. The molecular formula is C10H11N3O2. The number of hydrogen-bond donors (Lipinski definition) is 0. The van der Waals surface area contributed by atoms with E-state index in [0.717, 1.165) is 11.2 Å². The molecule has 2 aromatic rings. The smallest absolute Gasteiger partial charge is 0.313 e. The van der Waals surface area contributed by atoms with E-state index in [1.54, 1.807) is 4.40 Å². The van der Waals surface area contributed by atoms with Gasteiger partial charge < -0.3 is 4.74 Å². The Kier molecular flexibility index (Phi) is 2.37. The number of ether oxygens (including phenoxy) is 1. The second kappa shape index (κ2) is 3.68. The minimum atomic E-state index is -0.315. The molecule has 2 aromatic heterocycles. The average Bonchev–Trinajstić information content (AvgIpc) is 2.60. The van der Waals surface area contributed by atoms with E-state index < -0.39 is 0 Å². The zero-order valence-electron chi connectivity index (χ0n) is 8.60. The lowest BCUT2D eigenvalue weighted by Crippen LogP contribution is -2.07. The van der Waals surface area contributed by atoms with Gasteiger partial charge in [0.2, 0.25) is 0 Å². The molecule has 2 rings (SSSR count). The van der Waals surface area contributed by atoms with Crippen LogP contribution in [-0.4, -0.2) is 27.7 Å². The molecule has 0 aromatic carbocycles. The highest BCUT2D eigenvalue weighted by atomic mass is 16.5. The first-order chi connectivity index (χ1) is 7.20. The number of carbonyl (C=O) groups is 1. The van der Waals surface area contributed by atoms with E-state index in [9.17, 15) is 4.79 Å². The SMILES string of the molecule is COC(=O)Cc1nnc2cc(C)ccn12. The standard InChI is InChI=1S/C10H11N3O2/c1-7-3-4-13-8(5-7)11-12-9(13)6-10(14)15-2/h3-5H,6H2,1-2H3. The van der Waals surface area contributed by atoms with Crippen molar-refractivity contribution in [3.63, 3.8) is 0 Å². The Morgan fingerprint density at radius 1 is 1.53 bits per heavy atom. The molecule has 2 heterocycles. The number of pyridine rings is 1. The monoisotopic (exact) mass is 205 g/mol. The summed E-state index contributed by atoms with van der Waals surface area (Å²) in [6.07, 6.45) is 1.99. The lowest BCUT2D eigenvalue weighted by atomic mass is 10.3. The summed E-state index contributed by atoms with van der Waals surface area (Å²) < 4.78 is 6.36. The van der Waals surface area contributed by atoms with Crippen LogP contribution in [-0.2, 0) is 16.0 Å². The highest BCUT2D eigenvalue weighted by Crippen LogP contribution is 2.07. The quantitative estimate of drug-likeness (QED) is 0.679. The van der Waals surface area contributed by atoms with Gasteiger partial charge in [-0.1, -0.05) is 0 Å². The first-order valence-corrected chi connectivity index (χ1v) is 4.58. The van der Waals surface area contributed by atoms with Crippen LogP contribution in [0.4, 0.5) is 0 Å². The fraction of sp³-hybridized carbons (Fsp3) is 0.300. The van der Waals surface area contributed by atoms with Crippen molar-refractivity contribution in [2.24, 2.45) is 0 Å². The van der Waals surface area contributed by atoms with Crippen LogP contribution in [0.15, 0.2) is 18.3 Å². The second-order valence-corrected chi connectivity index (χ2v) is 3.30. The van der Waals surface area contributed by atoms with E-state index in [-0.39, 0.29) is 12.4 Å². The summed E-state index contributed by atoms with van der Waals surface area (Å²) in [5.74, 6) is 0.279. The zero-order chi connectivity index (χ0) is 10.8. The van der Waals surface area contributed by atoms with Crippen molar-refractivity contribution in [2.45, 2.75) is 13.3 Å². The minimum absolute atomic E-state index is 0.140. The number of methoxy groups -OCH3 is 1. The molecule has 0 saturated heterocycles. The van der Waals surface area contributed by atoms with Crippen LogP contribution in [0.2, 0.25) is 0 Å². The summed E-state index contributed by atoms with van der Waals surface area (Å²) in [5, 5.41) is 7.91. The number of aryl methyl sites for hydroxylation is 1. The third kappa shape index (κ3) is 1.81. The summed E-state index contributed by atoms with van der Waals surface area (Å²) >= 11 is 0. The maximum Gasteiger partial charge on any atom is 0.313 e. The Balaban J connectivity index is 2.41. The number of fused-ring (bicyclic) bond motifs is 1. The Hall–Kier alpha value is -1.91. The van der Waals surface area contributed by atoms with Crippen LogP contribution < -0.4 is 0 Å². The van der Waals surface area contributed by atoms with Crippen LogP contribution in [0.1, 0.15) is 11.4 Å². The molecule has 0 spiro atoms. The lowest BCUT2D eigenvalue weighted by Gasteiger charge is -1.99. The van der Waals surface area contributed by atoms with Crippen molar-refractivity contribution in [3.05, 3.63) is 29.7 Å². The third-order valence-electron chi connectivity index (χ3n) is 2.17. The molecule has 0 bridgehead atoms. The second-order valence-electron chi connectivity index (χ2n) is 3.30. The highest BCUT2D eigenvalue weighted by molar-refractivity contribution is 5.71. The van der Waals surface area contributed by atoms with Gasteiger partial charge in [-0.2, -0.15) is 0 Å². The van der Waals surface area contributed by atoms with Crippen LogP contribution >= 0.6 is 0 Å². The van der Waals surface area contributed by atoms with Gasteiger partial charge in [0.1, 0.15) is 12.2 Å². The van der Waals surface area contributed by atoms with Gasteiger partial charge in [-0.3, -0.25) is 9.20 Å². The summed E-state index contributed by atoms with van der Waals surface area (Å²) in [7, 11) is 1.36. The van der Waals surface area contributed by atoms with Crippen molar-refractivity contribution in [1.29, 1.82) is 0 Å². The third-order valence-corrected chi connectivity index (χ3v) is 2.17. The molecule has 0 fully saturated rings. The van der Waals surface area contributed by atoms with E-state index in [0.29, 0.717) is 5.82 Å². The maximum atomic E-state index is 11.1. The molecule has 5 nitrogen and oxygen atoms in total. The summed E-state index contributed by atoms with van der Waals surface area (Å²) in [6.45, 7) is 1.98. The van der Waals surface area contributed by atoms with Gasteiger partial charge in [0.25, 0.3) is 0 Å². The van der Waals surface area contributed by atoms with Crippen LogP contribution in [0.5, 0.6) is 0 Å². The topological polar surface area (TPSA) is 56.5 Å². The number of aromatic nitrogens is 3. The van der Waals surface area contributed by atoms with Gasteiger partial charge >= 0.3 is 5.97 Å². The molecule has 0 unspecified atom stereocenters. The predicted octanol–water partition coefficient (Wildman–Crippen LogP) is 0.753. The van der Waals surface area contributed by atoms with Gasteiger partial charge in [0.15, 0.2) is 5.65 Å². The molecule has 0 saturated carbocycles. The van der Waals surface area contributed by atoms with E-state index in [1.807, 2.05) is 25.3 Å². The van der Waals surface area contributed by atoms with Gasteiger partial charge in [-0.05, 0) is 24.6 Å². The number of nitrogens with zero attached hydrogens (tertiary/aromatic N) is 3. The minimum Gasteiger partial charge on any atom is -0.469 e. The van der Waals surface area contributed by atoms with Crippen LogP contribution in [0, 0.1) is 6.92 Å². The summed E-state index contributed by atoms with van der Waals surface area (Å²) in [4.78, 5) is 11.1.